The van der Waals surface area contributed by atoms with Gasteiger partial charge in [-0.15, -0.1) is 11.6 Å². The van der Waals surface area contributed by atoms with E-state index in [0.717, 1.165) is 12.3 Å². The molecule has 0 bridgehead atoms. The van der Waals surface area contributed by atoms with Gasteiger partial charge in [0.05, 0.1) is 0 Å². The van der Waals surface area contributed by atoms with E-state index in [1.54, 1.807) is 0 Å². The number of rotatable bonds is 0. The minimum absolute atomic E-state index is 0.115. The zero-order chi connectivity index (χ0) is 8.72. The molecule has 2 aliphatic rings. The van der Waals surface area contributed by atoms with Gasteiger partial charge < -0.3 is 0 Å². The normalized spacial score (nSPS) is 53.8. The molecular formula is C10H16ClF. The Morgan fingerprint density at radius 3 is 2.67 bits per heavy atom. The largest absolute Gasteiger partial charge is 0.247 e. The number of hydrogen-bond donors (Lipinski definition) is 0. The Kier molecular flexibility index (Phi) is 2.33. The highest BCUT2D eigenvalue weighted by molar-refractivity contribution is 6.20. The molecule has 0 saturated heterocycles. The first-order valence-electron chi connectivity index (χ1n) is 4.95. The molecule has 2 saturated carbocycles. The third-order valence-electron chi connectivity index (χ3n) is 3.49. The molecular weight excluding hydrogens is 175 g/mol. The predicted molar refractivity (Wildman–Crippen MR) is 49.1 cm³/mol. The summed E-state index contributed by atoms with van der Waals surface area (Å²) in [5.41, 5.74) is 0. The summed E-state index contributed by atoms with van der Waals surface area (Å²) in [6.45, 7) is 2.26. The van der Waals surface area contributed by atoms with Crippen molar-refractivity contribution >= 4 is 11.6 Å². The van der Waals surface area contributed by atoms with Crippen molar-refractivity contribution in [2.45, 2.75) is 44.2 Å². The molecule has 5 atom stereocenters. The molecule has 2 aliphatic carbocycles. The van der Waals surface area contributed by atoms with Crippen LogP contribution < -0.4 is 0 Å². The number of hydrogen-bond acceptors (Lipinski definition) is 0. The van der Waals surface area contributed by atoms with Crippen molar-refractivity contribution in [3.8, 4) is 0 Å². The fraction of sp³-hybridized carbons (Fsp3) is 1.00. The van der Waals surface area contributed by atoms with Gasteiger partial charge in [0.15, 0.2) is 0 Å². The summed E-state index contributed by atoms with van der Waals surface area (Å²) in [5.74, 6) is 1.98. The lowest BCUT2D eigenvalue weighted by molar-refractivity contribution is 0.165. The maximum atomic E-state index is 13.1. The molecule has 0 radical (unpaired) electrons. The first-order chi connectivity index (χ1) is 5.66. The zero-order valence-corrected chi connectivity index (χ0v) is 8.23. The Morgan fingerprint density at radius 2 is 1.92 bits per heavy atom. The minimum atomic E-state index is -0.626. The van der Waals surface area contributed by atoms with Crippen molar-refractivity contribution in [3.63, 3.8) is 0 Å². The minimum Gasteiger partial charge on any atom is -0.247 e. The van der Waals surface area contributed by atoms with E-state index >= 15 is 0 Å². The van der Waals surface area contributed by atoms with Gasteiger partial charge in [0, 0.05) is 5.38 Å². The highest BCUT2D eigenvalue weighted by Gasteiger charge is 2.42. The molecule has 0 aromatic rings. The lowest BCUT2D eigenvalue weighted by Gasteiger charge is -2.31. The van der Waals surface area contributed by atoms with Crippen molar-refractivity contribution in [3.05, 3.63) is 0 Å². The molecule has 0 nitrogen and oxygen atoms in total. The van der Waals surface area contributed by atoms with E-state index < -0.39 is 6.17 Å². The summed E-state index contributed by atoms with van der Waals surface area (Å²) in [4.78, 5) is 0. The molecule has 0 N–H and O–H groups in total. The van der Waals surface area contributed by atoms with Gasteiger partial charge in [0.2, 0.25) is 0 Å². The predicted octanol–water partition coefficient (Wildman–Crippen LogP) is 3.39. The van der Waals surface area contributed by atoms with E-state index in [4.69, 9.17) is 11.6 Å². The van der Waals surface area contributed by atoms with Gasteiger partial charge in [-0.25, -0.2) is 4.39 Å². The summed E-state index contributed by atoms with van der Waals surface area (Å²) in [5, 5.41) is 0.115. The van der Waals surface area contributed by atoms with E-state index in [0.29, 0.717) is 18.3 Å². The van der Waals surface area contributed by atoms with Crippen LogP contribution in [-0.2, 0) is 0 Å². The van der Waals surface area contributed by atoms with Gasteiger partial charge in [-0.1, -0.05) is 6.92 Å². The first-order valence-corrected chi connectivity index (χ1v) is 5.38. The molecule has 0 aromatic carbocycles. The Hall–Kier alpha value is 0.220. The van der Waals surface area contributed by atoms with Crippen molar-refractivity contribution in [1.82, 2.24) is 0 Å². The Labute approximate surface area is 78.5 Å². The molecule has 2 heteroatoms. The quantitative estimate of drug-likeness (QED) is 0.514. The van der Waals surface area contributed by atoms with Crippen molar-refractivity contribution < 1.29 is 4.39 Å². The van der Waals surface area contributed by atoms with Crippen molar-refractivity contribution in [2.24, 2.45) is 17.8 Å². The summed E-state index contributed by atoms with van der Waals surface area (Å²) >= 11 is 6.14. The van der Waals surface area contributed by atoms with Crippen LogP contribution in [0.25, 0.3) is 0 Å². The monoisotopic (exact) mass is 190 g/mol. The number of alkyl halides is 2. The summed E-state index contributed by atoms with van der Waals surface area (Å²) in [6, 6.07) is 0. The number of halogens is 2. The van der Waals surface area contributed by atoms with Crippen LogP contribution in [0.5, 0.6) is 0 Å². The van der Waals surface area contributed by atoms with E-state index in [9.17, 15) is 4.39 Å². The molecule has 0 amide bonds. The van der Waals surface area contributed by atoms with Crippen LogP contribution in [0.15, 0.2) is 0 Å². The molecule has 0 spiro atoms. The first kappa shape index (κ1) is 8.80. The van der Waals surface area contributed by atoms with Gasteiger partial charge >= 0.3 is 0 Å². The van der Waals surface area contributed by atoms with Gasteiger partial charge in [0.25, 0.3) is 0 Å². The molecule has 2 rings (SSSR count). The van der Waals surface area contributed by atoms with E-state index in [1.807, 2.05) is 0 Å². The third kappa shape index (κ3) is 1.48. The maximum absolute atomic E-state index is 13.1. The van der Waals surface area contributed by atoms with Gasteiger partial charge in [0.1, 0.15) is 6.17 Å². The standard InChI is InChI=1S/C10H16ClF/c1-6-2-7-4-8(12)5-10(11)9(7)3-6/h6-10H,2-5H2,1H3. The second kappa shape index (κ2) is 3.17. The van der Waals surface area contributed by atoms with Crippen LogP contribution in [0.4, 0.5) is 4.39 Å². The SMILES string of the molecule is CC1CC2CC(F)CC(Cl)C2C1. The number of fused-ring (bicyclic) bond motifs is 1. The van der Waals surface area contributed by atoms with Gasteiger partial charge in [-0.05, 0) is 43.4 Å². The highest BCUT2D eigenvalue weighted by atomic mass is 35.5. The molecule has 12 heavy (non-hydrogen) atoms. The van der Waals surface area contributed by atoms with Crippen LogP contribution in [0.2, 0.25) is 0 Å². The van der Waals surface area contributed by atoms with Gasteiger partial charge in [-0.3, -0.25) is 0 Å². The Balaban J connectivity index is 2.05. The van der Waals surface area contributed by atoms with E-state index in [1.165, 1.54) is 12.8 Å². The van der Waals surface area contributed by atoms with Crippen molar-refractivity contribution in [1.29, 1.82) is 0 Å². The highest BCUT2D eigenvalue weighted by Crippen LogP contribution is 2.47. The molecule has 0 heterocycles. The second-order valence-electron chi connectivity index (χ2n) is 4.59. The van der Waals surface area contributed by atoms with Crippen LogP contribution >= 0.6 is 11.6 Å². The van der Waals surface area contributed by atoms with E-state index in [-0.39, 0.29) is 5.38 Å². The van der Waals surface area contributed by atoms with E-state index in [2.05, 4.69) is 6.92 Å². The molecule has 2 fully saturated rings. The molecule has 0 aliphatic heterocycles. The van der Waals surface area contributed by atoms with Crippen molar-refractivity contribution in [2.75, 3.05) is 0 Å². The molecule has 70 valence electrons. The zero-order valence-electron chi connectivity index (χ0n) is 7.47. The third-order valence-corrected chi connectivity index (χ3v) is 3.99. The van der Waals surface area contributed by atoms with Crippen LogP contribution in [0, 0.1) is 17.8 Å². The fourth-order valence-electron chi connectivity index (χ4n) is 3.00. The Bertz CT molecular complexity index is 171. The maximum Gasteiger partial charge on any atom is 0.102 e. The topological polar surface area (TPSA) is 0 Å². The molecule has 5 unspecified atom stereocenters. The van der Waals surface area contributed by atoms with Gasteiger partial charge in [-0.2, -0.15) is 0 Å². The van der Waals surface area contributed by atoms with Crippen LogP contribution in [0.3, 0.4) is 0 Å². The second-order valence-corrected chi connectivity index (χ2v) is 5.15. The summed E-state index contributed by atoms with van der Waals surface area (Å²) < 4.78 is 13.1. The average Bonchev–Trinajstić information content (AvgIpc) is 2.29. The summed E-state index contributed by atoms with van der Waals surface area (Å²) in [6.07, 6.45) is 3.17. The Morgan fingerprint density at radius 1 is 1.17 bits per heavy atom. The lowest BCUT2D eigenvalue weighted by Crippen LogP contribution is -2.30. The smallest absolute Gasteiger partial charge is 0.102 e. The fourth-order valence-corrected chi connectivity index (χ4v) is 3.50. The molecule has 0 aromatic heterocycles. The average molecular weight is 191 g/mol. The van der Waals surface area contributed by atoms with Crippen LogP contribution in [-0.4, -0.2) is 11.5 Å². The lowest BCUT2D eigenvalue weighted by atomic mass is 9.80. The van der Waals surface area contributed by atoms with Crippen LogP contribution in [0.1, 0.15) is 32.6 Å². The summed E-state index contributed by atoms with van der Waals surface area (Å²) in [7, 11) is 0.